The predicted molar refractivity (Wildman–Crippen MR) is 165 cm³/mol. The van der Waals surface area contributed by atoms with Crippen LogP contribution in [0, 0.1) is 0 Å². The van der Waals surface area contributed by atoms with Crippen LogP contribution in [0.1, 0.15) is 29.0 Å². The van der Waals surface area contributed by atoms with Crippen molar-refractivity contribution in [3.8, 4) is 0 Å². The highest BCUT2D eigenvalue weighted by molar-refractivity contribution is 8.01. The molecule has 2 aliphatic rings. The highest BCUT2D eigenvalue weighted by Gasteiger charge is 2.54. The quantitative estimate of drug-likeness (QED) is 0.148. The van der Waals surface area contributed by atoms with Crippen molar-refractivity contribution >= 4 is 52.6 Å². The minimum absolute atomic E-state index is 0.202. The number of amides is 2. The molecule has 0 spiro atoms. The highest BCUT2D eigenvalue weighted by atomic mass is 32.2. The van der Waals surface area contributed by atoms with E-state index in [4.69, 9.17) is 4.74 Å². The van der Waals surface area contributed by atoms with Crippen LogP contribution >= 0.6 is 34.9 Å². The molecule has 4 aromatic rings. The summed E-state index contributed by atoms with van der Waals surface area (Å²) in [5, 5.41) is 16.9. The van der Waals surface area contributed by atoms with Crippen molar-refractivity contribution in [3.05, 3.63) is 105 Å². The molecule has 0 aliphatic carbocycles. The zero-order chi connectivity index (χ0) is 29.8. The van der Waals surface area contributed by atoms with Crippen molar-refractivity contribution in [3.63, 3.8) is 0 Å². The van der Waals surface area contributed by atoms with Crippen LogP contribution in [-0.4, -0.2) is 65.8 Å². The number of nitrogens with one attached hydrogen (secondary N) is 1. The summed E-state index contributed by atoms with van der Waals surface area (Å²) in [6.45, 7) is 2.55. The number of ether oxygens (including phenoxy) is 1. The van der Waals surface area contributed by atoms with E-state index < -0.39 is 23.5 Å². The molecule has 2 aromatic heterocycles. The largest absolute Gasteiger partial charge is 0.448 e. The number of carbonyl (C=O) groups excluding carboxylic acids is 3. The molecular weight excluding hydrogens is 605 g/mol. The third-order valence-corrected chi connectivity index (χ3v) is 10.3. The van der Waals surface area contributed by atoms with Gasteiger partial charge in [0.05, 0.1) is 6.42 Å². The number of hydrogen-bond donors (Lipinski definition) is 1. The minimum Gasteiger partial charge on any atom is -0.448 e. The average Bonchev–Trinajstić information content (AvgIpc) is 3.73. The molecule has 2 atom stereocenters. The first-order valence-electron chi connectivity index (χ1n) is 13.7. The number of thiophene rings is 1. The van der Waals surface area contributed by atoms with Gasteiger partial charge in [0.1, 0.15) is 17.1 Å². The maximum atomic E-state index is 14.1. The van der Waals surface area contributed by atoms with Crippen LogP contribution in [-0.2, 0) is 32.1 Å². The van der Waals surface area contributed by atoms with Gasteiger partial charge in [-0.05, 0) is 45.5 Å². The Morgan fingerprint density at radius 2 is 1.79 bits per heavy atom. The van der Waals surface area contributed by atoms with Gasteiger partial charge in [0.2, 0.25) is 11.1 Å². The standard InChI is InChI=1S/C30H28N6O4S3/c1-2-35-30(32-33-34-35)43-18-21-17-42-28-24(31-23(37)16-22-14-9-15-41-22)27(38)36(28)25(21)29(39)40-26(19-10-5-3-6-11-19)20-12-7-4-8-13-20/h3-15,24,26,28H,2,16-18H2,1H3,(H,31,37)/t24-,28-/m1/s1. The molecule has 220 valence electrons. The van der Waals surface area contributed by atoms with E-state index >= 15 is 0 Å². The molecule has 1 N–H and O–H groups in total. The lowest BCUT2D eigenvalue weighted by atomic mass is 10.0. The second-order valence-electron chi connectivity index (χ2n) is 9.84. The van der Waals surface area contributed by atoms with Crippen molar-refractivity contribution in [1.82, 2.24) is 30.4 Å². The Bertz CT molecular complexity index is 1590. The third-order valence-electron chi connectivity index (χ3n) is 7.08. The fourth-order valence-electron chi connectivity index (χ4n) is 4.98. The van der Waals surface area contributed by atoms with Crippen LogP contribution in [0.3, 0.4) is 0 Å². The maximum absolute atomic E-state index is 14.1. The molecule has 2 amide bonds. The lowest BCUT2D eigenvalue weighted by Crippen LogP contribution is -2.70. The fraction of sp³-hybridized carbons (Fsp3) is 0.267. The summed E-state index contributed by atoms with van der Waals surface area (Å²) < 4.78 is 7.90. The van der Waals surface area contributed by atoms with Gasteiger partial charge in [0.15, 0.2) is 6.10 Å². The summed E-state index contributed by atoms with van der Waals surface area (Å²) in [6, 6.07) is 22.1. The Hall–Kier alpha value is -3.94. The van der Waals surface area contributed by atoms with Gasteiger partial charge >= 0.3 is 5.97 Å². The lowest BCUT2D eigenvalue weighted by molar-refractivity contribution is -0.154. The number of thioether (sulfide) groups is 2. The number of aryl methyl sites for hydroxylation is 1. The van der Waals surface area contributed by atoms with Crippen molar-refractivity contribution in [2.45, 2.75) is 42.6 Å². The van der Waals surface area contributed by atoms with E-state index in [2.05, 4.69) is 20.8 Å². The average molecular weight is 633 g/mol. The van der Waals surface area contributed by atoms with Crippen LogP contribution < -0.4 is 5.32 Å². The molecule has 10 nitrogen and oxygen atoms in total. The smallest absolute Gasteiger partial charge is 0.356 e. The van der Waals surface area contributed by atoms with Crippen LogP contribution in [0.15, 0.2) is 94.6 Å². The van der Waals surface area contributed by atoms with Gasteiger partial charge < -0.3 is 10.1 Å². The van der Waals surface area contributed by atoms with E-state index in [1.54, 1.807) is 4.68 Å². The second kappa shape index (κ2) is 13.1. The number of nitrogens with zero attached hydrogens (tertiary/aromatic N) is 5. The molecule has 13 heteroatoms. The number of fused-ring (bicyclic) bond motifs is 1. The van der Waals surface area contributed by atoms with Crippen molar-refractivity contribution in [2.24, 2.45) is 0 Å². The van der Waals surface area contributed by atoms with Gasteiger partial charge in [0, 0.05) is 22.9 Å². The van der Waals surface area contributed by atoms with E-state index in [-0.39, 0.29) is 23.9 Å². The Kier molecular flexibility index (Phi) is 8.91. The van der Waals surface area contributed by atoms with Gasteiger partial charge in [-0.1, -0.05) is 78.5 Å². The zero-order valence-corrected chi connectivity index (χ0v) is 25.6. The first kappa shape index (κ1) is 29.1. The van der Waals surface area contributed by atoms with Gasteiger partial charge in [-0.25, -0.2) is 9.48 Å². The van der Waals surface area contributed by atoms with Gasteiger partial charge in [-0.3, -0.25) is 14.5 Å². The van der Waals surface area contributed by atoms with Crippen LogP contribution in [0.25, 0.3) is 0 Å². The monoisotopic (exact) mass is 632 g/mol. The molecule has 4 heterocycles. The van der Waals surface area contributed by atoms with E-state index in [9.17, 15) is 14.4 Å². The fourth-order valence-corrected chi connectivity index (χ4v) is 8.11. The molecule has 1 fully saturated rings. The van der Waals surface area contributed by atoms with Crippen molar-refractivity contribution in [1.29, 1.82) is 0 Å². The number of hydrogen-bond acceptors (Lipinski definition) is 10. The normalized spacial score (nSPS) is 17.9. The molecule has 0 radical (unpaired) electrons. The summed E-state index contributed by atoms with van der Waals surface area (Å²) in [5.74, 6) is -0.274. The Morgan fingerprint density at radius 1 is 1.07 bits per heavy atom. The Balaban J connectivity index is 1.28. The van der Waals surface area contributed by atoms with E-state index in [0.717, 1.165) is 21.6 Å². The summed E-state index contributed by atoms with van der Waals surface area (Å²) in [6.07, 6.45) is -0.470. The zero-order valence-electron chi connectivity index (χ0n) is 23.2. The van der Waals surface area contributed by atoms with Gasteiger partial charge in [-0.2, -0.15) is 0 Å². The first-order chi connectivity index (χ1) is 21.0. The SMILES string of the molecule is CCn1nnnc1SCC1=C(C(=O)OC(c2ccccc2)c2ccccc2)N2C(=O)[C@@H](NC(=O)Cc3cccs3)[C@H]2SC1. The van der Waals surface area contributed by atoms with Gasteiger partial charge in [0.25, 0.3) is 5.91 Å². The number of rotatable bonds is 11. The number of aromatic nitrogens is 4. The minimum atomic E-state index is -0.721. The number of carbonyl (C=O) groups is 3. The third kappa shape index (κ3) is 6.24. The van der Waals surface area contributed by atoms with E-state index in [1.807, 2.05) is 85.1 Å². The highest BCUT2D eigenvalue weighted by Crippen LogP contribution is 2.42. The summed E-state index contributed by atoms with van der Waals surface area (Å²) in [7, 11) is 0. The molecule has 6 rings (SSSR count). The van der Waals surface area contributed by atoms with Crippen LogP contribution in [0.4, 0.5) is 0 Å². The summed E-state index contributed by atoms with van der Waals surface area (Å²) in [4.78, 5) is 42.8. The number of benzene rings is 2. The number of β-lactam (4-membered cyclic amide) rings is 1. The van der Waals surface area contributed by atoms with E-state index in [0.29, 0.717) is 23.2 Å². The molecule has 2 aromatic carbocycles. The molecule has 43 heavy (non-hydrogen) atoms. The van der Waals surface area contributed by atoms with Crippen LogP contribution in [0.5, 0.6) is 0 Å². The number of tetrazole rings is 1. The van der Waals surface area contributed by atoms with Gasteiger partial charge in [-0.15, -0.1) is 28.2 Å². The maximum Gasteiger partial charge on any atom is 0.356 e. The molecule has 1 saturated heterocycles. The second-order valence-corrected chi connectivity index (χ2v) is 12.9. The lowest BCUT2D eigenvalue weighted by Gasteiger charge is -2.49. The summed E-state index contributed by atoms with van der Waals surface area (Å²) in [5.41, 5.74) is 2.60. The molecule has 0 unspecified atom stereocenters. The molecule has 0 bridgehead atoms. The molecule has 0 saturated carbocycles. The molecular formula is C30H28N6O4S3. The first-order valence-corrected chi connectivity index (χ1v) is 16.6. The number of esters is 1. The summed E-state index contributed by atoms with van der Waals surface area (Å²) >= 11 is 4.41. The Labute approximate surface area is 260 Å². The van der Waals surface area contributed by atoms with Crippen LogP contribution in [0.2, 0.25) is 0 Å². The topological polar surface area (TPSA) is 119 Å². The predicted octanol–water partition coefficient (Wildman–Crippen LogP) is 4.08. The Morgan fingerprint density at radius 3 is 2.44 bits per heavy atom. The van der Waals surface area contributed by atoms with E-state index in [1.165, 1.54) is 39.8 Å². The van der Waals surface area contributed by atoms with Crippen molar-refractivity contribution < 1.29 is 19.1 Å². The molecule has 2 aliphatic heterocycles. The van der Waals surface area contributed by atoms with Crippen molar-refractivity contribution in [2.75, 3.05) is 11.5 Å².